The molecule has 1 aliphatic rings. The van der Waals surface area contributed by atoms with Crippen LogP contribution in [0.4, 0.5) is 0 Å². The molecule has 0 aromatic rings. The lowest BCUT2D eigenvalue weighted by Gasteiger charge is -1.93. The molecule has 2 heteroatoms. The van der Waals surface area contributed by atoms with Crippen molar-refractivity contribution in [1.82, 2.24) is 5.32 Å². The van der Waals surface area contributed by atoms with Crippen LogP contribution in [0.3, 0.4) is 0 Å². The van der Waals surface area contributed by atoms with Gasteiger partial charge in [0.15, 0.2) is 0 Å². The number of nitrogens with one attached hydrogen (secondary N) is 1. The Bertz CT molecular complexity index is 98.3. The first-order valence-corrected chi connectivity index (χ1v) is 2.29. The molecule has 0 aromatic heterocycles. The van der Waals surface area contributed by atoms with Crippen LogP contribution in [0, 0.1) is 0 Å². The zero-order valence-electron chi connectivity index (χ0n) is 3.92. The van der Waals surface area contributed by atoms with Crippen molar-refractivity contribution in [1.29, 1.82) is 0 Å². The molecule has 0 radical (unpaired) electrons. The molecule has 1 atom stereocenters. The Morgan fingerprint density at radius 3 is 3.00 bits per heavy atom. The molecule has 38 valence electrons. The van der Waals surface area contributed by atoms with Crippen LogP contribution in [-0.2, 0) is 4.79 Å². The average Bonchev–Trinajstić information content (AvgIpc) is 2.14. The normalized spacial score (nSPS) is 28.3. The largest absolute Gasteiger partial charge is 0.301 e. The van der Waals surface area contributed by atoms with E-state index in [1.165, 1.54) is 0 Å². The first kappa shape index (κ1) is 4.53. The van der Waals surface area contributed by atoms with Gasteiger partial charge in [-0.3, -0.25) is 0 Å². The van der Waals surface area contributed by atoms with E-state index in [0.717, 1.165) is 12.8 Å². The average molecular weight is 97.1 g/mol. The fourth-order valence-electron chi connectivity index (χ4n) is 0.580. The number of hydrogen-bond donors (Lipinski definition) is 1. The second kappa shape index (κ2) is 1.89. The van der Waals surface area contributed by atoms with Crippen molar-refractivity contribution in [2.75, 3.05) is 6.54 Å². The number of carbonyl (C=O) groups excluding carboxylic acids is 1. The van der Waals surface area contributed by atoms with E-state index in [-0.39, 0.29) is 6.04 Å². The summed E-state index contributed by atoms with van der Waals surface area (Å²) in [4.78, 5) is 9.89. The molecule has 1 aliphatic heterocycles. The summed E-state index contributed by atoms with van der Waals surface area (Å²) in [6.45, 7) is 0.837. The summed E-state index contributed by atoms with van der Waals surface area (Å²) in [5.74, 6) is 0. The second-order valence-corrected chi connectivity index (χ2v) is 1.50. The van der Waals surface area contributed by atoms with E-state index in [0.29, 0.717) is 0 Å². The van der Waals surface area contributed by atoms with E-state index in [2.05, 4.69) is 5.32 Å². The first-order chi connectivity index (χ1) is 3.43. The molecule has 0 aromatic carbocycles. The van der Waals surface area contributed by atoms with Gasteiger partial charge < -0.3 is 10.1 Å². The van der Waals surface area contributed by atoms with E-state index in [1.807, 2.05) is 12.2 Å². The summed E-state index contributed by atoms with van der Waals surface area (Å²) in [6.07, 6.45) is 4.69. The van der Waals surface area contributed by atoms with Crippen LogP contribution in [-0.4, -0.2) is 18.9 Å². The first-order valence-electron chi connectivity index (χ1n) is 2.29. The standard InChI is InChI=1S/C5H7NO/c7-4-5-2-1-3-6-5/h1-2,4-6H,3H2/t5-/m0/s1. The summed E-state index contributed by atoms with van der Waals surface area (Å²) >= 11 is 0. The summed E-state index contributed by atoms with van der Waals surface area (Å²) in [6, 6.07) is -0.0139. The summed E-state index contributed by atoms with van der Waals surface area (Å²) in [5.41, 5.74) is 0. The molecule has 0 amide bonds. The summed E-state index contributed by atoms with van der Waals surface area (Å²) in [5, 5.41) is 2.93. The quantitative estimate of drug-likeness (QED) is 0.360. The fraction of sp³-hybridized carbons (Fsp3) is 0.400. The maximum Gasteiger partial charge on any atom is 0.140 e. The van der Waals surface area contributed by atoms with Gasteiger partial charge in [-0.05, 0) is 0 Å². The molecule has 0 saturated heterocycles. The molecule has 1 heterocycles. The Labute approximate surface area is 42.2 Å². The fourth-order valence-corrected chi connectivity index (χ4v) is 0.580. The topological polar surface area (TPSA) is 29.1 Å². The van der Waals surface area contributed by atoms with E-state index in [1.54, 1.807) is 0 Å². The van der Waals surface area contributed by atoms with Crippen molar-refractivity contribution < 1.29 is 4.79 Å². The van der Waals surface area contributed by atoms with Gasteiger partial charge in [0.2, 0.25) is 0 Å². The lowest BCUT2D eigenvalue weighted by molar-refractivity contribution is -0.108. The molecule has 7 heavy (non-hydrogen) atoms. The minimum absolute atomic E-state index is 0.0139. The molecule has 0 bridgehead atoms. The molecule has 0 saturated carbocycles. The minimum atomic E-state index is -0.0139. The third-order valence-electron chi connectivity index (χ3n) is 0.961. The van der Waals surface area contributed by atoms with Crippen molar-refractivity contribution in [3.05, 3.63) is 12.2 Å². The van der Waals surface area contributed by atoms with Crippen LogP contribution in [0.1, 0.15) is 0 Å². The highest BCUT2D eigenvalue weighted by atomic mass is 16.1. The Hall–Kier alpha value is -0.630. The lowest BCUT2D eigenvalue weighted by atomic mass is 10.4. The summed E-state index contributed by atoms with van der Waals surface area (Å²) < 4.78 is 0. The number of hydrogen-bond acceptors (Lipinski definition) is 2. The molecule has 0 fully saturated rings. The zero-order chi connectivity index (χ0) is 5.11. The van der Waals surface area contributed by atoms with Crippen LogP contribution in [0.2, 0.25) is 0 Å². The second-order valence-electron chi connectivity index (χ2n) is 1.50. The van der Waals surface area contributed by atoms with Gasteiger partial charge >= 0.3 is 0 Å². The van der Waals surface area contributed by atoms with Crippen LogP contribution in [0.15, 0.2) is 12.2 Å². The highest BCUT2D eigenvalue weighted by Crippen LogP contribution is 1.88. The SMILES string of the molecule is O=C[C@@H]1C=CCN1. The monoisotopic (exact) mass is 97.1 g/mol. The molecule has 2 nitrogen and oxygen atoms in total. The third-order valence-corrected chi connectivity index (χ3v) is 0.961. The molecule has 1 rings (SSSR count). The van der Waals surface area contributed by atoms with Gasteiger partial charge in [-0.2, -0.15) is 0 Å². The van der Waals surface area contributed by atoms with Crippen molar-refractivity contribution in [2.24, 2.45) is 0 Å². The van der Waals surface area contributed by atoms with Gasteiger partial charge in [-0.1, -0.05) is 12.2 Å². The highest BCUT2D eigenvalue weighted by molar-refractivity contribution is 5.61. The molecule has 0 aliphatic carbocycles. The smallest absolute Gasteiger partial charge is 0.140 e. The molecule has 1 N–H and O–H groups in total. The lowest BCUT2D eigenvalue weighted by Crippen LogP contribution is -2.22. The highest BCUT2D eigenvalue weighted by Gasteiger charge is 2.02. The molecular weight excluding hydrogens is 90.1 g/mol. The van der Waals surface area contributed by atoms with Crippen molar-refractivity contribution in [3.8, 4) is 0 Å². The van der Waals surface area contributed by atoms with Crippen molar-refractivity contribution in [2.45, 2.75) is 6.04 Å². The zero-order valence-corrected chi connectivity index (χ0v) is 3.92. The van der Waals surface area contributed by atoms with Crippen molar-refractivity contribution >= 4 is 6.29 Å². The predicted molar refractivity (Wildman–Crippen MR) is 27.0 cm³/mol. The number of carbonyl (C=O) groups is 1. The molecule has 0 spiro atoms. The van der Waals surface area contributed by atoms with Crippen LogP contribution >= 0.6 is 0 Å². The molecular formula is C5H7NO. The number of aldehydes is 1. The van der Waals surface area contributed by atoms with Crippen LogP contribution in [0.5, 0.6) is 0 Å². The van der Waals surface area contributed by atoms with Gasteiger partial charge in [0, 0.05) is 6.54 Å². The number of rotatable bonds is 1. The van der Waals surface area contributed by atoms with Crippen molar-refractivity contribution in [3.63, 3.8) is 0 Å². The Kier molecular flexibility index (Phi) is 1.22. The van der Waals surface area contributed by atoms with Gasteiger partial charge in [-0.15, -0.1) is 0 Å². The van der Waals surface area contributed by atoms with Crippen LogP contribution < -0.4 is 5.32 Å². The molecule has 0 unspecified atom stereocenters. The van der Waals surface area contributed by atoms with Gasteiger partial charge in [0.25, 0.3) is 0 Å². The van der Waals surface area contributed by atoms with E-state index in [9.17, 15) is 4.79 Å². The maximum atomic E-state index is 9.89. The third kappa shape index (κ3) is 0.871. The van der Waals surface area contributed by atoms with Gasteiger partial charge in [0.05, 0.1) is 6.04 Å². The van der Waals surface area contributed by atoms with Gasteiger partial charge in [0.1, 0.15) is 6.29 Å². The Morgan fingerprint density at radius 2 is 2.71 bits per heavy atom. The van der Waals surface area contributed by atoms with E-state index >= 15 is 0 Å². The maximum absolute atomic E-state index is 9.89. The van der Waals surface area contributed by atoms with Gasteiger partial charge in [-0.25, -0.2) is 0 Å². The van der Waals surface area contributed by atoms with Crippen LogP contribution in [0.25, 0.3) is 0 Å². The Balaban J connectivity index is 2.42. The van der Waals surface area contributed by atoms with E-state index in [4.69, 9.17) is 0 Å². The predicted octanol–water partition coefficient (Wildman–Crippen LogP) is -0.287. The van der Waals surface area contributed by atoms with E-state index < -0.39 is 0 Å². The summed E-state index contributed by atoms with van der Waals surface area (Å²) in [7, 11) is 0. The minimum Gasteiger partial charge on any atom is -0.301 e. The Morgan fingerprint density at radius 1 is 1.86 bits per heavy atom.